The van der Waals surface area contributed by atoms with Crippen molar-refractivity contribution >= 4 is 11.8 Å². The van der Waals surface area contributed by atoms with E-state index >= 15 is 0 Å². The van der Waals surface area contributed by atoms with E-state index in [-0.39, 0.29) is 24.0 Å². The highest BCUT2D eigenvalue weighted by Gasteiger charge is 2.26. The summed E-state index contributed by atoms with van der Waals surface area (Å²) in [6.45, 7) is 0.544. The summed E-state index contributed by atoms with van der Waals surface area (Å²) in [4.78, 5) is 22.8. The fourth-order valence-electron chi connectivity index (χ4n) is 2.62. The Kier molecular flexibility index (Phi) is 6.40. The Labute approximate surface area is 131 Å². The van der Waals surface area contributed by atoms with Crippen LogP contribution in [0.5, 0.6) is 0 Å². The van der Waals surface area contributed by atoms with Gasteiger partial charge < -0.3 is 15.4 Å². The average molecular weight is 304 g/mol. The smallest absolute Gasteiger partial charge is 0.220 e. The second-order valence-corrected chi connectivity index (χ2v) is 5.57. The van der Waals surface area contributed by atoms with E-state index in [1.54, 1.807) is 7.05 Å². The van der Waals surface area contributed by atoms with Gasteiger partial charge in [0, 0.05) is 26.4 Å². The molecule has 0 bridgehead atoms. The van der Waals surface area contributed by atoms with Crippen LogP contribution in [0.25, 0.3) is 0 Å². The van der Waals surface area contributed by atoms with Gasteiger partial charge in [-0.05, 0) is 24.8 Å². The summed E-state index contributed by atoms with van der Waals surface area (Å²) in [6.07, 6.45) is 3.50. The van der Waals surface area contributed by atoms with Crippen molar-refractivity contribution in [3.63, 3.8) is 0 Å². The van der Waals surface area contributed by atoms with Crippen molar-refractivity contribution in [2.24, 2.45) is 0 Å². The Morgan fingerprint density at radius 1 is 1.14 bits per heavy atom. The molecule has 120 valence electrons. The molecule has 1 saturated heterocycles. The quantitative estimate of drug-likeness (QED) is 0.809. The maximum atomic E-state index is 11.7. The van der Waals surface area contributed by atoms with Crippen LogP contribution in [0.1, 0.15) is 43.8 Å². The number of benzene rings is 1. The minimum absolute atomic E-state index is 0.0179. The largest absolute Gasteiger partial charge is 0.368 e. The normalized spacial score (nSPS) is 20.6. The first kappa shape index (κ1) is 16.5. The zero-order chi connectivity index (χ0) is 15.8. The molecule has 0 unspecified atom stereocenters. The zero-order valence-corrected chi connectivity index (χ0v) is 13.0. The van der Waals surface area contributed by atoms with E-state index < -0.39 is 0 Å². The van der Waals surface area contributed by atoms with Crippen molar-refractivity contribution < 1.29 is 14.3 Å². The third kappa shape index (κ3) is 5.15. The van der Waals surface area contributed by atoms with Gasteiger partial charge in [-0.25, -0.2) is 0 Å². The number of ether oxygens (including phenoxy) is 1. The number of amides is 2. The van der Waals surface area contributed by atoms with Crippen LogP contribution in [0.2, 0.25) is 0 Å². The topological polar surface area (TPSA) is 67.4 Å². The Bertz CT molecular complexity index is 490. The van der Waals surface area contributed by atoms with Gasteiger partial charge in [0.1, 0.15) is 0 Å². The second kappa shape index (κ2) is 8.54. The fourth-order valence-corrected chi connectivity index (χ4v) is 2.62. The van der Waals surface area contributed by atoms with Crippen LogP contribution >= 0.6 is 0 Å². The maximum absolute atomic E-state index is 11.7. The molecule has 2 N–H and O–H groups in total. The molecular formula is C17H24N2O3. The summed E-state index contributed by atoms with van der Waals surface area (Å²) in [5.74, 6) is -0.0479. The maximum Gasteiger partial charge on any atom is 0.220 e. The highest BCUT2D eigenvalue weighted by molar-refractivity contribution is 5.78. The molecule has 2 amide bonds. The average Bonchev–Trinajstić information content (AvgIpc) is 3.02. The van der Waals surface area contributed by atoms with E-state index in [2.05, 4.69) is 22.8 Å². The minimum atomic E-state index is -0.0300. The first-order chi connectivity index (χ1) is 10.7. The van der Waals surface area contributed by atoms with Crippen LogP contribution in [0.3, 0.4) is 0 Å². The molecule has 5 heteroatoms. The van der Waals surface area contributed by atoms with Crippen molar-refractivity contribution in [3.8, 4) is 0 Å². The SMILES string of the molecule is CNC(=O)CCCC(=O)NC[C@H]1CC[C@@H](c2ccccc2)O1. The van der Waals surface area contributed by atoms with Crippen molar-refractivity contribution in [2.45, 2.75) is 44.3 Å². The van der Waals surface area contributed by atoms with Gasteiger partial charge in [0.05, 0.1) is 12.2 Å². The molecule has 1 aliphatic rings. The zero-order valence-electron chi connectivity index (χ0n) is 13.0. The highest BCUT2D eigenvalue weighted by atomic mass is 16.5. The Hall–Kier alpha value is -1.88. The van der Waals surface area contributed by atoms with Crippen molar-refractivity contribution in [3.05, 3.63) is 35.9 Å². The molecular weight excluding hydrogens is 280 g/mol. The number of nitrogens with one attached hydrogen (secondary N) is 2. The third-order valence-electron chi connectivity index (χ3n) is 3.89. The van der Waals surface area contributed by atoms with Crippen molar-refractivity contribution in [2.75, 3.05) is 13.6 Å². The standard InChI is InChI=1S/C17H24N2O3/c1-18-16(20)8-5-9-17(21)19-12-14-10-11-15(22-14)13-6-3-2-4-7-13/h2-4,6-7,14-15H,5,8-12H2,1H3,(H,18,20)(H,19,21)/t14-,15+/m1/s1. The Morgan fingerprint density at radius 2 is 1.86 bits per heavy atom. The summed E-state index contributed by atoms with van der Waals surface area (Å²) >= 11 is 0. The van der Waals surface area contributed by atoms with E-state index in [4.69, 9.17) is 4.74 Å². The van der Waals surface area contributed by atoms with E-state index in [0.717, 1.165) is 12.8 Å². The molecule has 0 spiro atoms. The molecule has 0 aliphatic carbocycles. The predicted octanol–water partition coefficient (Wildman–Crippen LogP) is 1.94. The second-order valence-electron chi connectivity index (χ2n) is 5.57. The monoisotopic (exact) mass is 304 g/mol. The molecule has 0 aromatic heterocycles. The van der Waals surface area contributed by atoms with E-state index in [1.165, 1.54) is 5.56 Å². The lowest BCUT2D eigenvalue weighted by Gasteiger charge is -2.14. The summed E-state index contributed by atoms with van der Waals surface area (Å²) in [5, 5.41) is 5.44. The number of hydrogen-bond donors (Lipinski definition) is 2. The van der Waals surface area contributed by atoms with Gasteiger partial charge in [0.2, 0.25) is 11.8 Å². The molecule has 22 heavy (non-hydrogen) atoms. The summed E-state index contributed by atoms with van der Waals surface area (Å²) < 4.78 is 5.98. The minimum Gasteiger partial charge on any atom is -0.368 e. The van der Waals surface area contributed by atoms with E-state index in [9.17, 15) is 9.59 Å². The number of rotatable bonds is 7. The number of carbonyl (C=O) groups excluding carboxylic acids is 2. The van der Waals surface area contributed by atoms with Gasteiger partial charge in [-0.2, -0.15) is 0 Å². The Morgan fingerprint density at radius 3 is 2.59 bits per heavy atom. The van der Waals surface area contributed by atoms with E-state index in [0.29, 0.717) is 25.8 Å². The molecule has 1 heterocycles. The van der Waals surface area contributed by atoms with Gasteiger partial charge in [-0.1, -0.05) is 30.3 Å². The molecule has 2 rings (SSSR count). The lowest BCUT2D eigenvalue weighted by molar-refractivity contribution is -0.122. The first-order valence-electron chi connectivity index (χ1n) is 7.86. The molecule has 1 aromatic carbocycles. The third-order valence-corrected chi connectivity index (χ3v) is 3.89. The molecule has 1 aromatic rings. The first-order valence-corrected chi connectivity index (χ1v) is 7.86. The van der Waals surface area contributed by atoms with E-state index in [1.807, 2.05) is 18.2 Å². The van der Waals surface area contributed by atoms with Crippen LogP contribution in [0.15, 0.2) is 30.3 Å². The summed E-state index contributed by atoms with van der Waals surface area (Å²) in [7, 11) is 1.60. The highest BCUT2D eigenvalue weighted by Crippen LogP contribution is 2.32. The molecule has 1 aliphatic heterocycles. The van der Waals surface area contributed by atoms with Gasteiger partial charge >= 0.3 is 0 Å². The van der Waals surface area contributed by atoms with Crippen LogP contribution in [0, 0.1) is 0 Å². The van der Waals surface area contributed by atoms with Gasteiger partial charge in [-0.3, -0.25) is 9.59 Å². The lowest BCUT2D eigenvalue weighted by Crippen LogP contribution is -2.31. The lowest BCUT2D eigenvalue weighted by atomic mass is 10.1. The van der Waals surface area contributed by atoms with Gasteiger partial charge in [0.15, 0.2) is 0 Å². The summed E-state index contributed by atoms with van der Waals surface area (Å²) in [5.41, 5.74) is 1.20. The summed E-state index contributed by atoms with van der Waals surface area (Å²) in [6, 6.07) is 10.2. The molecule has 0 radical (unpaired) electrons. The molecule has 2 atom stereocenters. The van der Waals surface area contributed by atoms with Crippen LogP contribution in [0.4, 0.5) is 0 Å². The van der Waals surface area contributed by atoms with Gasteiger partial charge in [-0.15, -0.1) is 0 Å². The van der Waals surface area contributed by atoms with Crippen molar-refractivity contribution in [1.29, 1.82) is 0 Å². The van der Waals surface area contributed by atoms with Crippen LogP contribution < -0.4 is 10.6 Å². The number of carbonyl (C=O) groups is 2. The number of hydrogen-bond acceptors (Lipinski definition) is 3. The van der Waals surface area contributed by atoms with Crippen LogP contribution in [-0.2, 0) is 14.3 Å². The Balaban J connectivity index is 1.64. The molecule has 0 saturated carbocycles. The van der Waals surface area contributed by atoms with Gasteiger partial charge in [0.25, 0.3) is 0 Å². The molecule has 1 fully saturated rings. The molecule has 5 nitrogen and oxygen atoms in total. The predicted molar refractivity (Wildman–Crippen MR) is 84.2 cm³/mol. The van der Waals surface area contributed by atoms with Crippen molar-refractivity contribution in [1.82, 2.24) is 10.6 Å². The van der Waals surface area contributed by atoms with Crippen LogP contribution in [-0.4, -0.2) is 31.5 Å². The fraction of sp³-hybridized carbons (Fsp3) is 0.529.